The molecule has 2 fully saturated rings. The molecule has 17 heteroatoms. The van der Waals surface area contributed by atoms with Crippen LogP contribution in [0.1, 0.15) is 44.5 Å². The third-order valence-electron chi connectivity index (χ3n) is 7.89. The minimum Gasteiger partial charge on any atom is -0.472 e. The summed E-state index contributed by atoms with van der Waals surface area (Å²) in [6, 6.07) is 4.55. The van der Waals surface area contributed by atoms with Crippen LogP contribution in [-0.2, 0) is 61.9 Å². The van der Waals surface area contributed by atoms with Crippen molar-refractivity contribution < 1.29 is 71.6 Å². The van der Waals surface area contributed by atoms with E-state index in [0.29, 0.717) is 0 Å². The smallest absolute Gasteiger partial charge is 0.338 e. The van der Waals surface area contributed by atoms with Gasteiger partial charge in [0.25, 0.3) is 5.69 Å². The minimum atomic E-state index is -1.63. The molecule has 47 heavy (non-hydrogen) atoms. The highest BCUT2D eigenvalue weighted by atomic mass is 16.8. The molecule has 3 aliphatic rings. The van der Waals surface area contributed by atoms with E-state index in [1.165, 1.54) is 19.2 Å². The molecule has 9 atom stereocenters. The first-order chi connectivity index (χ1) is 22.2. The average molecular weight is 664 g/mol. The van der Waals surface area contributed by atoms with E-state index in [1.54, 1.807) is 6.92 Å². The van der Waals surface area contributed by atoms with Crippen LogP contribution in [0.4, 0.5) is 5.69 Å². The Hall–Kier alpha value is -4.90. The van der Waals surface area contributed by atoms with Gasteiger partial charge in [-0.3, -0.25) is 29.3 Å². The van der Waals surface area contributed by atoms with Crippen LogP contribution in [0.2, 0.25) is 0 Å². The molecule has 0 aromatic heterocycles. The van der Waals surface area contributed by atoms with Crippen LogP contribution >= 0.6 is 0 Å². The maximum Gasteiger partial charge on any atom is 0.338 e. The van der Waals surface area contributed by atoms with E-state index in [4.69, 9.17) is 37.9 Å². The molecule has 4 rings (SSSR count). The molecule has 1 aromatic carbocycles. The molecule has 1 aromatic rings. The van der Waals surface area contributed by atoms with Crippen LogP contribution in [-0.4, -0.2) is 91.3 Å². The minimum absolute atomic E-state index is 0.000698. The third kappa shape index (κ3) is 7.91. The second-order valence-electron chi connectivity index (χ2n) is 11.0. The number of non-ortho nitro benzene ring substituents is 1. The van der Waals surface area contributed by atoms with Gasteiger partial charge in [0.15, 0.2) is 18.3 Å². The van der Waals surface area contributed by atoms with Crippen LogP contribution in [0.15, 0.2) is 36.1 Å². The van der Waals surface area contributed by atoms with E-state index < -0.39 is 96.1 Å². The van der Waals surface area contributed by atoms with Crippen molar-refractivity contribution in [1.29, 1.82) is 0 Å². The van der Waals surface area contributed by atoms with Crippen molar-refractivity contribution in [1.82, 2.24) is 0 Å². The lowest BCUT2D eigenvalue weighted by Crippen LogP contribution is -2.63. The summed E-state index contributed by atoms with van der Waals surface area (Å²) in [5, 5.41) is 11.0. The monoisotopic (exact) mass is 663 g/mol. The van der Waals surface area contributed by atoms with Crippen LogP contribution in [0, 0.1) is 27.9 Å². The molecule has 0 N–H and O–H groups in total. The number of carbonyl (C=O) groups is 6. The number of ketones is 1. The predicted molar refractivity (Wildman–Crippen MR) is 151 cm³/mol. The van der Waals surface area contributed by atoms with E-state index in [-0.39, 0.29) is 29.0 Å². The first-order valence-electron chi connectivity index (χ1n) is 14.4. The fraction of sp³-hybridized carbons (Fsp3) is 0.533. The van der Waals surface area contributed by atoms with Gasteiger partial charge in [0, 0.05) is 57.1 Å². The van der Waals surface area contributed by atoms with Gasteiger partial charge in [-0.25, -0.2) is 9.59 Å². The van der Waals surface area contributed by atoms with E-state index in [9.17, 15) is 38.9 Å². The number of rotatable bonds is 10. The zero-order valence-corrected chi connectivity index (χ0v) is 26.0. The summed E-state index contributed by atoms with van der Waals surface area (Å²) in [5.74, 6) is -6.36. The van der Waals surface area contributed by atoms with E-state index in [2.05, 4.69) is 0 Å². The molecule has 0 unspecified atom stereocenters. The molecule has 1 aliphatic carbocycles. The molecule has 254 valence electrons. The van der Waals surface area contributed by atoms with Gasteiger partial charge in [-0.2, -0.15) is 0 Å². The highest BCUT2D eigenvalue weighted by Gasteiger charge is 2.56. The zero-order chi connectivity index (χ0) is 34.6. The van der Waals surface area contributed by atoms with Gasteiger partial charge in [-0.1, -0.05) is 6.92 Å². The molecule has 2 aliphatic heterocycles. The Morgan fingerprint density at radius 1 is 0.894 bits per heavy atom. The van der Waals surface area contributed by atoms with Crippen LogP contribution in [0.25, 0.3) is 0 Å². The number of nitrogens with zero attached hydrogens (tertiary/aromatic N) is 1. The number of hydrogen-bond acceptors (Lipinski definition) is 16. The second-order valence-corrected chi connectivity index (χ2v) is 11.0. The van der Waals surface area contributed by atoms with Crippen LogP contribution in [0.5, 0.6) is 0 Å². The number of nitro benzene ring substituents is 1. The largest absolute Gasteiger partial charge is 0.472 e. The maximum atomic E-state index is 12.8. The summed E-state index contributed by atoms with van der Waals surface area (Å²) < 4.78 is 44.5. The van der Waals surface area contributed by atoms with Gasteiger partial charge in [0.1, 0.15) is 18.5 Å². The van der Waals surface area contributed by atoms with E-state index in [0.717, 1.165) is 39.2 Å². The Labute approximate surface area is 267 Å². The number of carbonyl (C=O) groups excluding carboxylic acids is 6. The quantitative estimate of drug-likeness (QED) is 0.150. The maximum absolute atomic E-state index is 12.8. The molecular weight excluding hydrogens is 630 g/mol. The first-order valence-corrected chi connectivity index (χ1v) is 14.4. The number of esters is 5. The van der Waals surface area contributed by atoms with Crippen molar-refractivity contribution in [3.8, 4) is 0 Å². The number of fused-ring (bicyclic) bond motifs is 1. The number of Topliss-reactive ketones (excluding diaryl/α,β-unsaturated/α-hetero) is 1. The molecule has 2 heterocycles. The molecule has 1 saturated carbocycles. The van der Waals surface area contributed by atoms with Gasteiger partial charge in [-0.15, -0.1) is 0 Å². The lowest BCUT2D eigenvalue weighted by molar-refractivity contribution is -0.384. The normalized spacial score (nSPS) is 29.7. The lowest BCUT2D eigenvalue weighted by atomic mass is 9.83. The Balaban J connectivity index is 1.66. The summed E-state index contributed by atoms with van der Waals surface area (Å²) in [4.78, 5) is 84.9. The zero-order valence-electron chi connectivity index (χ0n) is 26.0. The third-order valence-corrected chi connectivity index (χ3v) is 7.89. The SMILES string of the molecule is COC(=O)C1=CO[C@@H](O[C@@H]2O[C@H](COC(=O)c3ccc([N+](=O)[O-])cc3)[C@@H](OC(C)=O)[C@H](OC(C)=O)[C@H]2OC(C)=O)[C@H]2[C@@H]1CC(=O)[C@@H]2C. The van der Waals surface area contributed by atoms with Crippen molar-refractivity contribution in [2.75, 3.05) is 13.7 Å². The second kappa shape index (κ2) is 14.7. The Kier molecular flexibility index (Phi) is 10.9. The Bertz CT molecular complexity index is 1450. The van der Waals surface area contributed by atoms with Gasteiger partial charge in [0.05, 0.1) is 29.4 Å². The first kappa shape index (κ1) is 35.0. The van der Waals surface area contributed by atoms with Crippen molar-refractivity contribution >= 4 is 41.3 Å². The topological polar surface area (TPSA) is 219 Å². The molecule has 1 saturated heterocycles. The van der Waals surface area contributed by atoms with E-state index >= 15 is 0 Å². The highest BCUT2D eigenvalue weighted by Crippen LogP contribution is 2.46. The van der Waals surface area contributed by atoms with Gasteiger partial charge in [-0.05, 0) is 12.1 Å². The Morgan fingerprint density at radius 3 is 2.06 bits per heavy atom. The molecule has 0 amide bonds. The molecular formula is C30H33NO16. The number of ether oxygens (including phenoxy) is 8. The highest BCUT2D eigenvalue weighted by molar-refractivity contribution is 5.93. The molecule has 0 radical (unpaired) electrons. The summed E-state index contributed by atoms with van der Waals surface area (Å²) >= 11 is 0. The lowest BCUT2D eigenvalue weighted by Gasteiger charge is -2.45. The van der Waals surface area contributed by atoms with Crippen molar-refractivity contribution in [2.24, 2.45) is 17.8 Å². The number of nitro groups is 1. The summed E-state index contributed by atoms with van der Waals surface area (Å²) in [6.45, 7) is 4.20. The van der Waals surface area contributed by atoms with Gasteiger partial charge < -0.3 is 37.9 Å². The van der Waals surface area contributed by atoms with E-state index in [1.807, 2.05) is 0 Å². The predicted octanol–water partition coefficient (Wildman–Crippen LogP) is 1.54. The van der Waals surface area contributed by atoms with Crippen LogP contribution < -0.4 is 0 Å². The fourth-order valence-corrected chi connectivity index (χ4v) is 5.79. The Morgan fingerprint density at radius 2 is 1.49 bits per heavy atom. The summed E-state index contributed by atoms with van der Waals surface area (Å²) in [5.41, 5.74) is -0.181. The number of methoxy groups -OCH3 is 1. The van der Waals surface area contributed by atoms with Gasteiger partial charge in [0.2, 0.25) is 12.6 Å². The summed E-state index contributed by atoms with van der Waals surface area (Å²) in [7, 11) is 1.18. The van der Waals surface area contributed by atoms with Crippen molar-refractivity contribution in [2.45, 2.75) is 71.1 Å². The number of hydrogen-bond donors (Lipinski definition) is 0. The summed E-state index contributed by atoms with van der Waals surface area (Å²) in [6.07, 6.45) is -7.78. The fourth-order valence-electron chi connectivity index (χ4n) is 5.79. The molecule has 17 nitrogen and oxygen atoms in total. The average Bonchev–Trinajstić information content (AvgIpc) is 3.31. The number of benzene rings is 1. The molecule has 0 spiro atoms. The van der Waals surface area contributed by atoms with Crippen LogP contribution in [0.3, 0.4) is 0 Å². The standard InChI is InChI=1S/C30H33NO16/c1-13-21(35)10-19-20(28(37)40-5)11-42-29(23(13)19)47-30-26(45-16(4)34)25(44-15(3)33)24(43-14(2)32)22(46-30)12-41-27(36)17-6-8-18(9-7-17)31(38)39/h6-9,11,13,19,22-26,29-30H,10,12H2,1-5H3/t13-,19+,22+,23+,24+,25-,26+,29-,30-/m0/s1. The van der Waals surface area contributed by atoms with Crippen molar-refractivity contribution in [3.63, 3.8) is 0 Å². The van der Waals surface area contributed by atoms with Crippen molar-refractivity contribution in [3.05, 3.63) is 51.8 Å². The van der Waals surface area contributed by atoms with Gasteiger partial charge >= 0.3 is 29.8 Å². The molecule has 0 bridgehead atoms.